The van der Waals surface area contributed by atoms with Crippen molar-refractivity contribution in [2.24, 2.45) is 11.5 Å². The summed E-state index contributed by atoms with van der Waals surface area (Å²) in [7, 11) is 0. The fraction of sp³-hybridized carbons (Fsp3) is 0.364. The molecule has 1 aliphatic heterocycles. The van der Waals surface area contributed by atoms with Gasteiger partial charge in [0.15, 0.2) is 0 Å². The molecule has 0 unspecified atom stereocenters. The lowest BCUT2D eigenvalue weighted by Gasteiger charge is -2.25. The Morgan fingerprint density at radius 1 is 1.37 bits per heavy atom. The Labute approximate surface area is 161 Å². The second-order valence-corrected chi connectivity index (χ2v) is 6.68. The Kier molecular flexibility index (Phi) is 8.14. The van der Waals surface area contributed by atoms with Crippen LogP contribution in [0, 0.1) is 0 Å². The Hall–Kier alpha value is -2.53. The number of anilines is 1. The van der Waals surface area contributed by atoms with Crippen LogP contribution in [0.4, 0.5) is 10.1 Å². The van der Waals surface area contributed by atoms with Gasteiger partial charge in [-0.15, -0.1) is 0 Å². The van der Waals surface area contributed by atoms with Crippen LogP contribution < -0.4 is 32.5 Å². The van der Waals surface area contributed by atoms with Gasteiger partial charge in [0.05, 0.1) is 0 Å². The van der Waals surface area contributed by atoms with Crippen LogP contribution in [0.2, 0.25) is 0 Å². The highest BCUT2D eigenvalue weighted by Gasteiger charge is 2.14. The van der Waals surface area contributed by atoms with E-state index in [2.05, 4.69) is 29.4 Å². The minimum atomic E-state index is -0.665. The quantitative estimate of drug-likeness (QED) is 0.555. The van der Waals surface area contributed by atoms with Crippen LogP contribution in [-0.2, 0) is 0 Å². The third-order valence-corrected chi connectivity index (χ3v) is 4.63. The van der Waals surface area contributed by atoms with E-state index in [1.165, 1.54) is 0 Å². The fourth-order valence-corrected chi connectivity index (χ4v) is 3.32. The molecule has 146 valence electrons. The number of hydrogen-bond donors (Lipinski definition) is 4. The van der Waals surface area contributed by atoms with E-state index >= 15 is 0 Å². The topological polar surface area (TPSA) is 76.1 Å². The third kappa shape index (κ3) is 5.73. The van der Waals surface area contributed by atoms with Crippen molar-refractivity contribution in [3.8, 4) is 0 Å². The number of benzene rings is 1. The molecule has 0 amide bonds. The maximum atomic E-state index is 12.9. The third-order valence-electron chi connectivity index (χ3n) is 4.63. The lowest BCUT2D eigenvalue weighted by Crippen LogP contribution is -2.38. The molecule has 1 aromatic rings. The van der Waals surface area contributed by atoms with E-state index in [-0.39, 0.29) is 5.70 Å². The molecule has 27 heavy (non-hydrogen) atoms. The van der Waals surface area contributed by atoms with Gasteiger partial charge in [-0.3, -0.25) is 0 Å². The van der Waals surface area contributed by atoms with Crippen molar-refractivity contribution < 1.29 is 4.39 Å². The van der Waals surface area contributed by atoms with Gasteiger partial charge in [-0.1, -0.05) is 31.7 Å². The van der Waals surface area contributed by atoms with E-state index < -0.39 is 6.67 Å². The van der Waals surface area contributed by atoms with Crippen molar-refractivity contribution in [1.29, 1.82) is 0 Å². The molecule has 0 spiro atoms. The van der Waals surface area contributed by atoms with Crippen LogP contribution in [0.3, 0.4) is 0 Å². The van der Waals surface area contributed by atoms with E-state index in [1.807, 2.05) is 19.1 Å². The maximum Gasteiger partial charge on any atom is 0.129 e. The number of piperidine rings is 1. The molecular formula is C22H31FN4. The maximum absolute atomic E-state index is 12.9. The number of halogens is 1. The molecule has 1 aliphatic rings. The number of rotatable bonds is 7. The molecule has 0 aromatic heterocycles. The lowest BCUT2D eigenvalue weighted by atomic mass is 9.99. The summed E-state index contributed by atoms with van der Waals surface area (Å²) >= 11 is 0. The Balaban J connectivity index is 2.59. The molecule has 0 aliphatic carbocycles. The molecule has 6 N–H and O–H groups in total. The van der Waals surface area contributed by atoms with Gasteiger partial charge in [-0.05, 0) is 66.9 Å². The van der Waals surface area contributed by atoms with E-state index in [0.29, 0.717) is 6.04 Å². The number of alkyl halides is 1. The smallest absolute Gasteiger partial charge is 0.129 e. The van der Waals surface area contributed by atoms with Gasteiger partial charge < -0.3 is 22.1 Å². The lowest BCUT2D eigenvalue weighted by molar-refractivity contribution is 0.479. The standard InChI is InChI=1S/C22H31FN4/c1-3-5-16(12-19(25)14-23)18-11-17(6-4-2)21(15-24)22(13-18)27-20-7-9-26-10-8-20/h4-6,11-13,15,20,26-27H,2-3,7-10,14,24-25H2,1H3/b16-5+,17-6-,19-12-,21-15+. The molecule has 0 radical (unpaired) electrons. The van der Waals surface area contributed by atoms with Crippen molar-refractivity contribution >= 4 is 23.5 Å². The van der Waals surface area contributed by atoms with Crippen LogP contribution >= 0.6 is 0 Å². The molecule has 5 heteroatoms. The largest absolute Gasteiger partial charge is 0.404 e. The van der Waals surface area contributed by atoms with Gasteiger partial charge >= 0.3 is 0 Å². The zero-order chi connectivity index (χ0) is 19.6. The van der Waals surface area contributed by atoms with Gasteiger partial charge in [0.2, 0.25) is 0 Å². The highest BCUT2D eigenvalue weighted by atomic mass is 19.1. The van der Waals surface area contributed by atoms with Crippen LogP contribution in [0.25, 0.3) is 17.8 Å². The summed E-state index contributed by atoms with van der Waals surface area (Å²) in [6.07, 6.45) is 12.0. The summed E-state index contributed by atoms with van der Waals surface area (Å²) in [6.45, 7) is 7.20. The SMILES string of the molecule is C=C/C=c1/cc(C(/C=C(\N)CF)=C/CC)cc(NC2CCNCC2)/c1=C/N. The zero-order valence-corrected chi connectivity index (χ0v) is 16.1. The van der Waals surface area contributed by atoms with Crippen molar-refractivity contribution in [3.63, 3.8) is 0 Å². The summed E-state index contributed by atoms with van der Waals surface area (Å²) in [5.74, 6) is 0. The van der Waals surface area contributed by atoms with E-state index in [9.17, 15) is 4.39 Å². The Bertz CT molecular complexity index is 817. The summed E-state index contributed by atoms with van der Waals surface area (Å²) in [6, 6.07) is 4.50. The number of allylic oxidation sites excluding steroid dienone is 5. The fourth-order valence-electron chi connectivity index (χ4n) is 3.32. The Morgan fingerprint density at radius 3 is 2.70 bits per heavy atom. The molecule has 2 rings (SSSR count). The van der Waals surface area contributed by atoms with Crippen molar-refractivity contribution in [2.75, 3.05) is 25.1 Å². The number of nitrogens with two attached hydrogens (primary N) is 2. The van der Waals surface area contributed by atoms with Crippen LogP contribution in [0.15, 0.2) is 42.6 Å². The second kappa shape index (κ2) is 10.6. The molecule has 0 atom stereocenters. The first kappa shape index (κ1) is 20.8. The second-order valence-electron chi connectivity index (χ2n) is 6.68. The molecule has 1 saturated heterocycles. The van der Waals surface area contributed by atoms with Crippen molar-refractivity contribution in [3.05, 3.63) is 58.6 Å². The van der Waals surface area contributed by atoms with Gasteiger partial charge in [-0.25, -0.2) is 4.39 Å². The Morgan fingerprint density at radius 2 is 2.11 bits per heavy atom. The average molecular weight is 371 g/mol. The summed E-state index contributed by atoms with van der Waals surface area (Å²) in [4.78, 5) is 0. The minimum absolute atomic E-state index is 0.214. The van der Waals surface area contributed by atoms with Gasteiger partial charge in [0.1, 0.15) is 6.67 Å². The highest BCUT2D eigenvalue weighted by molar-refractivity contribution is 5.77. The number of hydrogen-bond acceptors (Lipinski definition) is 4. The van der Waals surface area contributed by atoms with E-state index in [1.54, 1.807) is 18.4 Å². The first-order valence-corrected chi connectivity index (χ1v) is 9.51. The van der Waals surface area contributed by atoms with Gasteiger partial charge in [-0.2, -0.15) is 0 Å². The predicted octanol–water partition coefficient (Wildman–Crippen LogP) is 2.12. The summed E-state index contributed by atoms with van der Waals surface area (Å²) in [5.41, 5.74) is 14.8. The van der Waals surface area contributed by atoms with Gasteiger partial charge in [0.25, 0.3) is 0 Å². The predicted molar refractivity (Wildman–Crippen MR) is 115 cm³/mol. The minimum Gasteiger partial charge on any atom is -0.404 e. The molecule has 1 aromatic carbocycles. The molecule has 0 saturated carbocycles. The van der Waals surface area contributed by atoms with Crippen LogP contribution in [0.5, 0.6) is 0 Å². The summed E-state index contributed by atoms with van der Waals surface area (Å²) < 4.78 is 12.9. The molecule has 4 nitrogen and oxygen atoms in total. The van der Waals surface area contributed by atoms with Crippen molar-refractivity contribution in [2.45, 2.75) is 32.2 Å². The monoisotopic (exact) mass is 370 g/mol. The summed E-state index contributed by atoms with van der Waals surface area (Å²) in [5, 5.41) is 8.93. The molecule has 1 fully saturated rings. The molecule has 0 bridgehead atoms. The van der Waals surface area contributed by atoms with Crippen LogP contribution in [0.1, 0.15) is 31.7 Å². The number of nitrogens with one attached hydrogen (secondary N) is 2. The van der Waals surface area contributed by atoms with E-state index in [0.717, 1.165) is 59.6 Å². The highest BCUT2D eigenvalue weighted by Crippen LogP contribution is 2.20. The van der Waals surface area contributed by atoms with Crippen LogP contribution in [-0.4, -0.2) is 25.8 Å². The van der Waals surface area contributed by atoms with Gasteiger partial charge in [0, 0.05) is 28.8 Å². The first-order chi connectivity index (χ1) is 13.1. The normalized spacial score (nSPS) is 18.0. The molecular weight excluding hydrogens is 339 g/mol. The average Bonchev–Trinajstić information content (AvgIpc) is 2.68. The van der Waals surface area contributed by atoms with E-state index in [4.69, 9.17) is 11.5 Å². The van der Waals surface area contributed by atoms with Crippen molar-refractivity contribution in [1.82, 2.24) is 5.32 Å². The first-order valence-electron chi connectivity index (χ1n) is 9.51. The zero-order valence-electron chi connectivity index (χ0n) is 16.1. The molecule has 1 heterocycles.